The fourth-order valence-corrected chi connectivity index (χ4v) is 3.45. The van der Waals surface area contributed by atoms with Gasteiger partial charge in [0.15, 0.2) is 5.76 Å². The molecule has 0 saturated heterocycles. The molecule has 3 N–H and O–H groups in total. The first kappa shape index (κ1) is 23.5. The molecule has 1 heterocycles. The lowest BCUT2D eigenvalue weighted by molar-refractivity contribution is -0.384. The number of nitro benzene ring substituents is 1. The zero-order chi connectivity index (χ0) is 24.8. The summed E-state index contributed by atoms with van der Waals surface area (Å²) in [4.78, 5) is 35.8. The minimum absolute atomic E-state index is 0.121. The summed E-state index contributed by atoms with van der Waals surface area (Å²) in [7, 11) is 0. The van der Waals surface area contributed by atoms with E-state index in [2.05, 4.69) is 16.0 Å². The minimum Gasteiger partial charge on any atom is -0.459 e. The second-order valence-corrected chi connectivity index (χ2v) is 7.80. The van der Waals surface area contributed by atoms with Crippen LogP contribution in [0.2, 0.25) is 5.02 Å². The SMILES string of the molecule is O=C(Nc1ccc(NC(=O)c2ccco2)cc1)c1ccc(NCc2ccccc2Cl)c([N+](=O)[O-])c1. The highest BCUT2D eigenvalue weighted by atomic mass is 35.5. The third-order valence-corrected chi connectivity index (χ3v) is 5.40. The molecule has 2 amide bonds. The average Bonchev–Trinajstić information content (AvgIpc) is 3.40. The maximum Gasteiger partial charge on any atom is 0.293 e. The molecule has 9 nitrogen and oxygen atoms in total. The lowest BCUT2D eigenvalue weighted by Crippen LogP contribution is -2.13. The van der Waals surface area contributed by atoms with E-state index in [1.54, 1.807) is 48.5 Å². The Balaban J connectivity index is 1.42. The van der Waals surface area contributed by atoms with E-state index in [-0.39, 0.29) is 29.2 Å². The van der Waals surface area contributed by atoms with Crippen molar-refractivity contribution in [1.82, 2.24) is 0 Å². The Morgan fingerprint density at radius 2 is 1.57 bits per heavy atom. The van der Waals surface area contributed by atoms with Gasteiger partial charge in [-0.15, -0.1) is 0 Å². The van der Waals surface area contributed by atoms with Gasteiger partial charge in [-0.3, -0.25) is 19.7 Å². The minimum atomic E-state index is -0.553. The monoisotopic (exact) mass is 490 g/mol. The highest BCUT2D eigenvalue weighted by Crippen LogP contribution is 2.27. The summed E-state index contributed by atoms with van der Waals surface area (Å²) in [6, 6.07) is 20.9. The molecular weight excluding hydrogens is 472 g/mol. The van der Waals surface area contributed by atoms with Gasteiger partial charge in [-0.1, -0.05) is 29.8 Å². The van der Waals surface area contributed by atoms with Crippen LogP contribution < -0.4 is 16.0 Å². The van der Waals surface area contributed by atoms with Crippen molar-refractivity contribution in [1.29, 1.82) is 0 Å². The van der Waals surface area contributed by atoms with E-state index in [0.29, 0.717) is 16.4 Å². The first-order valence-corrected chi connectivity index (χ1v) is 10.8. The maximum absolute atomic E-state index is 12.7. The molecule has 0 saturated carbocycles. The molecule has 0 aliphatic heterocycles. The predicted molar refractivity (Wildman–Crippen MR) is 133 cm³/mol. The Labute approximate surface area is 204 Å². The summed E-state index contributed by atoms with van der Waals surface area (Å²) in [6.07, 6.45) is 1.40. The Morgan fingerprint density at radius 3 is 2.20 bits per heavy atom. The van der Waals surface area contributed by atoms with E-state index in [4.69, 9.17) is 16.0 Å². The van der Waals surface area contributed by atoms with Crippen LogP contribution >= 0.6 is 11.6 Å². The van der Waals surface area contributed by atoms with E-state index in [1.807, 2.05) is 12.1 Å². The van der Waals surface area contributed by atoms with Crippen LogP contribution in [0.5, 0.6) is 0 Å². The molecule has 3 aromatic carbocycles. The average molecular weight is 491 g/mol. The number of carbonyl (C=O) groups is 2. The number of rotatable bonds is 8. The number of furan rings is 1. The number of halogens is 1. The highest BCUT2D eigenvalue weighted by Gasteiger charge is 2.18. The summed E-state index contributed by atoms with van der Waals surface area (Å²) < 4.78 is 5.04. The fraction of sp³-hybridized carbons (Fsp3) is 0.0400. The van der Waals surface area contributed by atoms with Crippen molar-refractivity contribution in [2.24, 2.45) is 0 Å². The molecule has 0 aliphatic rings. The van der Waals surface area contributed by atoms with E-state index in [0.717, 1.165) is 5.56 Å². The smallest absolute Gasteiger partial charge is 0.293 e. The molecule has 0 atom stereocenters. The normalized spacial score (nSPS) is 10.4. The van der Waals surface area contributed by atoms with Crippen molar-refractivity contribution < 1.29 is 18.9 Å². The second kappa shape index (κ2) is 10.5. The molecule has 0 aliphatic carbocycles. The third-order valence-electron chi connectivity index (χ3n) is 5.03. The molecule has 4 rings (SSSR count). The van der Waals surface area contributed by atoms with Crippen LogP contribution in [0, 0.1) is 10.1 Å². The van der Waals surface area contributed by atoms with Gasteiger partial charge in [-0.05, 0) is 60.2 Å². The Morgan fingerprint density at radius 1 is 0.886 bits per heavy atom. The van der Waals surface area contributed by atoms with E-state index in [1.165, 1.54) is 24.5 Å². The van der Waals surface area contributed by atoms with Crippen LogP contribution in [-0.2, 0) is 6.54 Å². The zero-order valence-electron chi connectivity index (χ0n) is 18.2. The number of hydrogen-bond donors (Lipinski definition) is 3. The van der Waals surface area contributed by atoms with Gasteiger partial charge in [0.1, 0.15) is 5.69 Å². The van der Waals surface area contributed by atoms with Crippen LogP contribution in [0.25, 0.3) is 0 Å². The van der Waals surface area contributed by atoms with Crippen LogP contribution in [0.4, 0.5) is 22.7 Å². The van der Waals surface area contributed by atoms with Gasteiger partial charge in [-0.2, -0.15) is 0 Å². The van der Waals surface area contributed by atoms with E-state index in [9.17, 15) is 19.7 Å². The first-order valence-electron chi connectivity index (χ1n) is 10.4. The van der Waals surface area contributed by atoms with Crippen LogP contribution in [0.3, 0.4) is 0 Å². The highest BCUT2D eigenvalue weighted by molar-refractivity contribution is 6.31. The van der Waals surface area contributed by atoms with E-state index >= 15 is 0 Å². The Bertz CT molecular complexity index is 1370. The molecule has 35 heavy (non-hydrogen) atoms. The van der Waals surface area contributed by atoms with Crippen molar-refractivity contribution in [3.8, 4) is 0 Å². The number of benzene rings is 3. The van der Waals surface area contributed by atoms with Crippen molar-refractivity contribution in [3.05, 3.63) is 117 Å². The molecule has 10 heteroatoms. The predicted octanol–water partition coefficient (Wildman–Crippen LogP) is 5.96. The molecule has 0 fully saturated rings. The topological polar surface area (TPSA) is 127 Å². The van der Waals surface area contributed by atoms with Gasteiger partial charge in [0.05, 0.1) is 11.2 Å². The largest absolute Gasteiger partial charge is 0.459 e. The fourth-order valence-electron chi connectivity index (χ4n) is 3.25. The summed E-state index contributed by atoms with van der Waals surface area (Å²) in [5, 5.41) is 20.5. The van der Waals surface area contributed by atoms with Crippen LogP contribution in [0.1, 0.15) is 26.5 Å². The van der Waals surface area contributed by atoms with Gasteiger partial charge in [0.2, 0.25) is 0 Å². The summed E-state index contributed by atoms with van der Waals surface area (Å²) in [6.45, 7) is 0.287. The first-order chi connectivity index (χ1) is 16.9. The summed E-state index contributed by atoms with van der Waals surface area (Å²) in [5.74, 6) is -0.741. The van der Waals surface area contributed by atoms with Crippen molar-refractivity contribution in [2.45, 2.75) is 6.54 Å². The third kappa shape index (κ3) is 5.84. The lowest BCUT2D eigenvalue weighted by Gasteiger charge is -2.11. The van der Waals surface area contributed by atoms with Gasteiger partial charge in [-0.25, -0.2) is 0 Å². The van der Waals surface area contributed by atoms with Crippen LogP contribution in [0.15, 0.2) is 89.5 Å². The quantitative estimate of drug-likeness (QED) is 0.207. The van der Waals surface area contributed by atoms with Gasteiger partial charge < -0.3 is 20.4 Å². The standard InChI is InChI=1S/C25H19ClN4O5/c26-20-5-2-1-4-17(20)15-27-21-12-7-16(14-22(21)30(33)34)24(31)28-18-8-10-19(11-9-18)29-25(32)23-6-3-13-35-23/h1-14,27H,15H2,(H,28,31)(H,29,32). The van der Waals surface area contributed by atoms with Gasteiger partial charge in [0.25, 0.3) is 17.5 Å². The molecule has 0 spiro atoms. The van der Waals surface area contributed by atoms with E-state index < -0.39 is 16.7 Å². The number of carbonyl (C=O) groups excluding carboxylic acids is 2. The van der Waals surface area contributed by atoms with Crippen LogP contribution in [-0.4, -0.2) is 16.7 Å². The van der Waals surface area contributed by atoms with Crippen molar-refractivity contribution >= 4 is 46.2 Å². The molecule has 176 valence electrons. The number of nitro groups is 1. The Kier molecular flexibility index (Phi) is 7.08. The Hall–Kier alpha value is -4.63. The number of hydrogen-bond acceptors (Lipinski definition) is 6. The lowest BCUT2D eigenvalue weighted by atomic mass is 10.1. The van der Waals surface area contributed by atoms with Gasteiger partial charge >= 0.3 is 0 Å². The zero-order valence-corrected chi connectivity index (χ0v) is 18.9. The molecule has 0 bridgehead atoms. The number of nitrogens with zero attached hydrogens (tertiary/aromatic N) is 1. The molecule has 4 aromatic rings. The molecule has 0 radical (unpaired) electrons. The van der Waals surface area contributed by atoms with Crippen molar-refractivity contribution in [3.63, 3.8) is 0 Å². The molecule has 1 aromatic heterocycles. The summed E-state index contributed by atoms with van der Waals surface area (Å²) >= 11 is 6.14. The van der Waals surface area contributed by atoms with Gasteiger partial charge in [0, 0.05) is 34.6 Å². The number of anilines is 3. The number of nitrogens with one attached hydrogen (secondary N) is 3. The molecular formula is C25H19ClN4O5. The molecule has 0 unspecified atom stereocenters. The summed E-state index contributed by atoms with van der Waals surface area (Å²) in [5.41, 5.74) is 1.90. The number of amides is 2. The second-order valence-electron chi connectivity index (χ2n) is 7.40. The van der Waals surface area contributed by atoms with Crippen molar-refractivity contribution in [2.75, 3.05) is 16.0 Å². The maximum atomic E-state index is 12.7.